The monoisotopic (exact) mass is 377 g/mol. The van der Waals surface area contributed by atoms with Crippen LogP contribution in [-0.2, 0) is 0 Å². The van der Waals surface area contributed by atoms with E-state index in [1.165, 1.54) is 12.8 Å². The molecule has 3 aliphatic rings. The highest BCUT2D eigenvalue weighted by Gasteiger charge is 2.44. The molecule has 1 aromatic heterocycles. The van der Waals surface area contributed by atoms with Crippen molar-refractivity contribution in [2.24, 2.45) is 5.41 Å². The number of hydrogen-bond acceptors (Lipinski definition) is 5. The summed E-state index contributed by atoms with van der Waals surface area (Å²) in [5.74, 6) is -0.125. The first-order valence-electron chi connectivity index (χ1n) is 9.95. The highest BCUT2D eigenvalue weighted by atomic mass is 16.1. The smallest absolute Gasteiger partial charge is 0.268 e. The third-order valence-corrected chi connectivity index (χ3v) is 6.57. The summed E-state index contributed by atoms with van der Waals surface area (Å²) >= 11 is 0. The number of hydrogen-bond donors (Lipinski definition) is 3. The van der Waals surface area contributed by atoms with E-state index in [0.29, 0.717) is 22.2 Å². The Morgan fingerprint density at radius 1 is 1.21 bits per heavy atom. The average Bonchev–Trinajstić information content (AvgIpc) is 3.43. The van der Waals surface area contributed by atoms with E-state index in [9.17, 15) is 14.9 Å². The Morgan fingerprint density at radius 3 is 2.57 bits per heavy atom. The van der Waals surface area contributed by atoms with E-state index in [-0.39, 0.29) is 23.1 Å². The molecule has 7 heteroatoms. The maximum Gasteiger partial charge on any atom is 0.268 e. The lowest BCUT2D eigenvalue weighted by molar-refractivity contribution is 0.0924. The molecule has 0 bridgehead atoms. The topological polar surface area (TPSA) is 101 Å². The zero-order valence-corrected chi connectivity index (χ0v) is 15.7. The van der Waals surface area contributed by atoms with Gasteiger partial charge in [0.15, 0.2) is 0 Å². The first kappa shape index (κ1) is 17.3. The lowest BCUT2D eigenvalue weighted by Crippen LogP contribution is -2.56. The maximum absolute atomic E-state index is 12.6. The molecule has 0 atom stereocenters. The second-order valence-corrected chi connectivity index (χ2v) is 8.37. The number of fused-ring (bicyclic) bond motifs is 1. The van der Waals surface area contributed by atoms with Gasteiger partial charge in [0.25, 0.3) is 11.5 Å². The summed E-state index contributed by atoms with van der Waals surface area (Å²) in [6.45, 7) is 3.26. The second kappa shape index (κ2) is 6.35. The second-order valence-electron chi connectivity index (χ2n) is 8.37. The standard InChI is InChI=1S/C21H23N5O2/c22-10-16-18(26-7-5-21(3-4-21)6-8-26)15-9-13(1-2-17(15)25-20(16)28)19(27)24-14-11-23-12-14/h1-2,9,14,23H,3-8,11-12H2,(H,24,27)(H,25,28). The van der Waals surface area contributed by atoms with Gasteiger partial charge in [0.2, 0.25) is 0 Å². The molecular formula is C21H23N5O2. The Kier molecular flexibility index (Phi) is 3.91. The summed E-state index contributed by atoms with van der Waals surface area (Å²) in [6, 6.07) is 7.55. The van der Waals surface area contributed by atoms with Crippen molar-refractivity contribution in [3.63, 3.8) is 0 Å². The molecule has 5 rings (SSSR count). The van der Waals surface area contributed by atoms with Crippen molar-refractivity contribution in [1.82, 2.24) is 15.6 Å². The molecule has 1 saturated carbocycles. The molecule has 7 nitrogen and oxygen atoms in total. The van der Waals surface area contributed by atoms with Crippen molar-refractivity contribution >= 4 is 22.5 Å². The lowest BCUT2D eigenvalue weighted by atomic mass is 9.92. The van der Waals surface area contributed by atoms with Crippen LogP contribution in [0.5, 0.6) is 0 Å². The molecule has 2 aliphatic heterocycles. The van der Waals surface area contributed by atoms with Crippen LogP contribution in [0.1, 0.15) is 41.6 Å². The van der Waals surface area contributed by atoms with Crippen LogP contribution in [0.25, 0.3) is 10.9 Å². The lowest BCUT2D eigenvalue weighted by Gasteiger charge is -2.34. The number of piperidine rings is 1. The fourth-order valence-electron chi connectivity index (χ4n) is 4.39. The number of aromatic nitrogens is 1. The average molecular weight is 377 g/mol. The van der Waals surface area contributed by atoms with E-state index in [4.69, 9.17) is 0 Å². The van der Waals surface area contributed by atoms with Crippen LogP contribution in [0.3, 0.4) is 0 Å². The van der Waals surface area contributed by atoms with Crippen molar-refractivity contribution in [3.8, 4) is 6.07 Å². The fourth-order valence-corrected chi connectivity index (χ4v) is 4.39. The van der Waals surface area contributed by atoms with Crippen LogP contribution in [0.2, 0.25) is 0 Å². The van der Waals surface area contributed by atoms with Gasteiger partial charge in [-0.1, -0.05) is 0 Å². The minimum Gasteiger partial charge on any atom is -0.370 e. The molecule has 3 heterocycles. The van der Waals surface area contributed by atoms with Crippen LogP contribution in [0.4, 0.5) is 5.69 Å². The quantitative estimate of drug-likeness (QED) is 0.752. The fraction of sp³-hybridized carbons (Fsp3) is 0.476. The molecule has 0 unspecified atom stereocenters. The van der Waals surface area contributed by atoms with Gasteiger partial charge >= 0.3 is 0 Å². The molecule has 28 heavy (non-hydrogen) atoms. The van der Waals surface area contributed by atoms with Gasteiger partial charge in [-0.3, -0.25) is 9.59 Å². The Balaban J connectivity index is 1.56. The number of rotatable bonds is 3. The zero-order chi connectivity index (χ0) is 19.3. The number of pyridine rings is 1. The maximum atomic E-state index is 12.6. The number of nitrogens with one attached hydrogen (secondary N) is 3. The van der Waals surface area contributed by atoms with Crippen molar-refractivity contribution in [2.45, 2.75) is 31.7 Å². The van der Waals surface area contributed by atoms with Gasteiger partial charge in [0.05, 0.1) is 17.2 Å². The number of carbonyl (C=O) groups is 1. The summed E-state index contributed by atoms with van der Waals surface area (Å²) in [5, 5.41) is 16.6. The summed E-state index contributed by atoms with van der Waals surface area (Å²) in [7, 11) is 0. The number of aromatic amines is 1. The van der Waals surface area contributed by atoms with E-state index < -0.39 is 0 Å². The van der Waals surface area contributed by atoms with E-state index in [2.05, 4.69) is 26.6 Å². The van der Waals surface area contributed by atoms with Gasteiger partial charge in [0.1, 0.15) is 11.6 Å². The minimum atomic E-state index is -0.366. The van der Waals surface area contributed by atoms with Crippen LogP contribution in [0.15, 0.2) is 23.0 Å². The predicted molar refractivity (Wildman–Crippen MR) is 107 cm³/mol. The predicted octanol–water partition coefficient (Wildman–Crippen LogP) is 1.48. The molecule has 1 amide bonds. The molecule has 2 aromatic rings. The third kappa shape index (κ3) is 2.85. The molecule has 1 aromatic carbocycles. The van der Waals surface area contributed by atoms with E-state index in [1.807, 2.05) is 6.07 Å². The highest BCUT2D eigenvalue weighted by molar-refractivity contribution is 6.02. The van der Waals surface area contributed by atoms with Gasteiger partial charge in [0, 0.05) is 37.1 Å². The molecule has 1 spiro atoms. The summed E-state index contributed by atoms with van der Waals surface area (Å²) in [6.07, 6.45) is 4.78. The number of anilines is 1. The Labute approximate surface area is 162 Å². The number of carbonyl (C=O) groups excluding carboxylic acids is 1. The van der Waals surface area contributed by atoms with Crippen LogP contribution in [-0.4, -0.2) is 43.1 Å². The summed E-state index contributed by atoms with van der Waals surface area (Å²) in [4.78, 5) is 30.1. The highest BCUT2D eigenvalue weighted by Crippen LogP contribution is 2.54. The number of benzene rings is 1. The SMILES string of the molecule is N#Cc1c(N2CCC3(CC2)CC3)c2cc(C(=O)NC3CNC3)ccc2[nH]c1=O. The van der Waals surface area contributed by atoms with Crippen molar-refractivity contribution in [1.29, 1.82) is 5.26 Å². The van der Waals surface area contributed by atoms with Crippen LogP contribution >= 0.6 is 0 Å². The first-order chi connectivity index (χ1) is 13.6. The van der Waals surface area contributed by atoms with Crippen molar-refractivity contribution < 1.29 is 4.79 Å². The van der Waals surface area contributed by atoms with Crippen LogP contribution < -0.4 is 21.1 Å². The minimum absolute atomic E-state index is 0.125. The Hall–Kier alpha value is -2.85. The summed E-state index contributed by atoms with van der Waals surface area (Å²) in [5.41, 5.74) is 2.16. The number of nitriles is 1. The first-order valence-corrected chi connectivity index (χ1v) is 9.95. The normalized spacial score (nSPS) is 20.6. The van der Waals surface area contributed by atoms with Gasteiger partial charge < -0.3 is 20.5 Å². The molecule has 144 valence electrons. The molecule has 3 N–H and O–H groups in total. The van der Waals surface area contributed by atoms with E-state index in [1.54, 1.807) is 12.1 Å². The molecule has 1 aliphatic carbocycles. The largest absolute Gasteiger partial charge is 0.370 e. The van der Waals surface area contributed by atoms with Crippen LogP contribution in [0, 0.1) is 16.7 Å². The van der Waals surface area contributed by atoms with Gasteiger partial charge in [-0.15, -0.1) is 0 Å². The van der Waals surface area contributed by atoms with E-state index >= 15 is 0 Å². The molecule has 2 saturated heterocycles. The summed E-state index contributed by atoms with van der Waals surface area (Å²) < 4.78 is 0. The van der Waals surface area contributed by atoms with E-state index in [0.717, 1.165) is 44.4 Å². The van der Waals surface area contributed by atoms with Gasteiger partial charge in [-0.2, -0.15) is 5.26 Å². The molecular weight excluding hydrogens is 354 g/mol. The number of nitrogens with zero attached hydrogens (tertiary/aromatic N) is 2. The Morgan fingerprint density at radius 2 is 1.96 bits per heavy atom. The number of H-pyrrole nitrogens is 1. The van der Waals surface area contributed by atoms with Gasteiger partial charge in [-0.25, -0.2) is 0 Å². The van der Waals surface area contributed by atoms with Crippen molar-refractivity contribution in [3.05, 3.63) is 39.7 Å². The number of amides is 1. The third-order valence-electron chi connectivity index (χ3n) is 6.57. The molecule has 0 radical (unpaired) electrons. The van der Waals surface area contributed by atoms with Gasteiger partial charge in [-0.05, 0) is 49.3 Å². The molecule has 3 fully saturated rings. The zero-order valence-electron chi connectivity index (χ0n) is 15.7. The van der Waals surface area contributed by atoms with Crippen molar-refractivity contribution in [2.75, 3.05) is 31.1 Å². The Bertz CT molecular complexity index is 1050.